The number of methoxy groups -OCH3 is 1. The monoisotopic (exact) mass is 566 g/mol. The Kier molecular flexibility index (Phi) is 7.54. The van der Waals surface area contributed by atoms with Gasteiger partial charge in [0.2, 0.25) is 0 Å². The molecular formula is C29H24ClFN2O5S. The number of Topliss-reactive ketones (excluding diaryl/α,β-unsaturated/α-hetero) is 1. The van der Waals surface area contributed by atoms with Crippen LogP contribution in [0.4, 0.5) is 9.52 Å². The normalized spacial score (nSPS) is 16.7. The highest BCUT2D eigenvalue weighted by Crippen LogP contribution is 2.46. The molecule has 0 bridgehead atoms. The van der Waals surface area contributed by atoms with E-state index in [9.17, 15) is 19.1 Å². The number of halogens is 2. The first kappa shape index (κ1) is 26.6. The molecule has 39 heavy (non-hydrogen) atoms. The number of ether oxygens (including phenoxy) is 2. The van der Waals surface area contributed by atoms with Crippen LogP contribution in [0.3, 0.4) is 0 Å². The van der Waals surface area contributed by atoms with Crippen LogP contribution in [0.5, 0.6) is 11.5 Å². The van der Waals surface area contributed by atoms with Crippen LogP contribution in [0.25, 0.3) is 16.0 Å². The molecule has 0 radical (unpaired) electrons. The molecule has 2 heterocycles. The summed E-state index contributed by atoms with van der Waals surface area (Å²) in [6.07, 6.45) is 1.83. The number of aliphatic hydroxyl groups excluding tert-OH is 1. The predicted molar refractivity (Wildman–Crippen MR) is 149 cm³/mol. The first-order valence-electron chi connectivity index (χ1n) is 12.3. The summed E-state index contributed by atoms with van der Waals surface area (Å²) < 4.78 is 25.8. The lowest BCUT2D eigenvalue weighted by atomic mass is 9.95. The molecular weight excluding hydrogens is 543 g/mol. The first-order valence-corrected chi connectivity index (χ1v) is 13.5. The van der Waals surface area contributed by atoms with Gasteiger partial charge in [0.1, 0.15) is 11.6 Å². The second kappa shape index (κ2) is 11.0. The van der Waals surface area contributed by atoms with E-state index in [-0.39, 0.29) is 16.5 Å². The summed E-state index contributed by atoms with van der Waals surface area (Å²) in [5.74, 6) is -1.61. The Labute approximate surface area is 233 Å². The van der Waals surface area contributed by atoms with Gasteiger partial charge >= 0.3 is 5.91 Å². The van der Waals surface area contributed by atoms with Gasteiger partial charge in [0.15, 0.2) is 16.6 Å². The molecule has 0 spiro atoms. The fourth-order valence-electron chi connectivity index (χ4n) is 4.40. The zero-order valence-corrected chi connectivity index (χ0v) is 22.7. The van der Waals surface area contributed by atoms with Crippen LogP contribution >= 0.6 is 22.9 Å². The molecule has 1 saturated heterocycles. The number of anilines is 1. The third-order valence-corrected chi connectivity index (χ3v) is 7.64. The van der Waals surface area contributed by atoms with Crippen LogP contribution in [0.15, 0.2) is 66.2 Å². The Morgan fingerprint density at radius 1 is 1.10 bits per heavy atom. The number of aliphatic hydroxyl groups is 1. The van der Waals surface area contributed by atoms with E-state index in [2.05, 4.69) is 11.9 Å². The van der Waals surface area contributed by atoms with Gasteiger partial charge in [-0.05, 0) is 66.6 Å². The zero-order valence-electron chi connectivity index (χ0n) is 21.1. The number of hydrogen-bond acceptors (Lipinski definition) is 7. The molecule has 5 rings (SSSR count). The lowest BCUT2D eigenvalue weighted by Gasteiger charge is -2.24. The van der Waals surface area contributed by atoms with Crippen molar-refractivity contribution in [2.24, 2.45) is 0 Å². The highest BCUT2D eigenvalue weighted by Gasteiger charge is 2.48. The number of unbranched alkanes of at least 4 members (excludes halogenated alkanes) is 1. The summed E-state index contributed by atoms with van der Waals surface area (Å²) in [6, 6.07) is 14.5. The molecule has 1 atom stereocenters. The summed E-state index contributed by atoms with van der Waals surface area (Å²) in [5.41, 5.74) is 1.18. The topological polar surface area (TPSA) is 89.0 Å². The summed E-state index contributed by atoms with van der Waals surface area (Å²) in [5, 5.41) is 12.0. The number of carbonyl (C=O) groups excluding carboxylic acids is 2. The number of fused-ring (bicyclic) bond motifs is 1. The number of carbonyl (C=O) groups is 2. The SMILES string of the molecule is CCCCOc1ccc(C2C(=C(O)c3ccc(Cl)cc3)C(=O)C(=O)N2c2nc3ccc(F)cc3s2)cc1OC. The molecule has 10 heteroatoms. The van der Waals surface area contributed by atoms with Crippen LogP contribution in [0.1, 0.15) is 36.9 Å². The minimum absolute atomic E-state index is 0.116. The molecule has 1 aliphatic heterocycles. The van der Waals surface area contributed by atoms with Gasteiger partial charge in [-0.2, -0.15) is 0 Å². The predicted octanol–water partition coefficient (Wildman–Crippen LogP) is 6.90. The second-order valence-electron chi connectivity index (χ2n) is 8.90. The van der Waals surface area contributed by atoms with Gasteiger partial charge in [0.25, 0.3) is 5.78 Å². The van der Waals surface area contributed by atoms with Crippen molar-refractivity contribution in [3.63, 3.8) is 0 Å². The minimum Gasteiger partial charge on any atom is -0.507 e. The van der Waals surface area contributed by atoms with Gasteiger partial charge < -0.3 is 14.6 Å². The Morgan fingerprint density at radius 3 is 2.59 bits per heavy atom. The van der Waals surface area contributed by atoms with E-state index in [1.807, 2.05) is 0 Å². The number of rotatable bonds is 8. The van der Waals surface area contributed by atoms with E-state index in [4.69, 9.17) is 21.1 Å². The summed E-state index contributed by atoms with van der Waals surface area (Å²) in [7, 11) is 1.50. The van der Waals surface area contributed by atoms with Crippen LogP contribution in [-0.2, 0) is 9.59 Å². The molecule has 1 amide bonds. The number of benzene rings is 3. The third-order valence-electron chi connectivity index (χ3n) is 6.37. The molecule has 4 aromatic rings. The van der Waals surface area contributed by atoms with E-state index in [0.717, 1.165) is 24.2 Å². The van der Waals surface area contributed by atoms with Crippen molar-refractivity contribution in [3.05, 3.63) is 88.2 Å². The number of nitrogens with zero attached hydrogens (tertiary/aromatic N) is 2. The summed E-state index contributed by atoms with van der Waals surface area (Å²) in [4.78, 5) is 32.7. The molecule has 3 aromatic carbocycles. The minimum atomic E-state index is -1.04. The molecule has 1 fully saturated rings. The number of amides is 1. The Bertz CT molecular complexity index is 1600. The second-order valence-corrected chi connectivity index (χ2v) is 10.3. The molecule has 1 aromatic heterocycles. The Hall–Kier alpha value is -3.95. The summed E-state index contributed by atoms with van der Waals surface area (Å²) >= 11 is 7.09. The van der Waals surface area contributed by atoms with Crippen LogP contribution in [0.2, 0.25) is 5.02 Å². The standard InChI is InChI=1S/C29H24ClFN2O5S/c1-3-4-13-38-21-12-7-17(14-22(21)37-2)25-24(26(34)16-5-8-18(30)9-6-16)27(35)28(36)33(25)29-32-20-11-10-19(31)15-23(20)39-29/h5-12,14-15,25,34H,3-4,13H2,1-2H3. The maximum atomic E-state index is 13.9. The summed E-state index contributed by atoms with van der Waals surface area (Å²) in [6.45, 7) is 2.56. The van der Waals surface area contributed by atoms with Crippen LogP contribution < -0.4 is 14.4 Å². The van der Waals surface area contributed by atoms with E-state index in [1.54, 1.807) is 42.5 Å². The lowest BCUT2D eigenvalue weighted by Crippen LogP contribution is -2.29. The molecule has 0 aliphatic carbocycles. The number of ketones is 1. The fraction of sp³-hybridized carbons (Fsp3) is 0.207. The van der Waals surface area contributed by atoms with Crippen molar-refractivity contribution in [3.8, 4) is 11.5 Å². The first-order chi connectivity index (χ1) is 18.8. The number of thiazole rings is 1. The molecule has 1 aliphatic rings. The lowest BCUT2D eigenvalue weighted by molar-refractivity contribution is -0.132. The number of aromatic nitrogens is 1. The van der Waals surface area contributed by atoms with Gasteiger partial charge in [-0.1, -0.05) is 42.3 Å². The number of hydrogen-bond donors (Lipinski definition) is 1. The molecule has 200 valence electrons. The Balaban J connectivity index is 1.68. The van der Waals surface area contributed by atoms with Gasteiger partial charge in [-0.25, -0.2) is 9.37 Å². The molecule has 1 unspecified atom stereocenters. The van der Waals surface area contributed by atoms with Gasteiger partial charge in [-0.15, -0.1) is 0 Å². The zero-order chi connectivity index (χ0) is 27.7. The maximum Gasteiger partial charge on any atom is 0.301 e. The largest absolute Gasteiger partial charge is 0.507 e. The smallest absolute Gasteiger partial charge is 0.301 e. The Morgan fingerprint density at radius 2 is 1.87 bits per heavy atom. The van der Waals surface area contributed by atoms with E-state index < -0.39 is 23.5 Å². The van der Waals surface area contributed by atoms with Crippen molar-refractivity contribution >= 4 is 55.7 Å². The molecule has 1 N–H and O–H groups in total. The van der Waals surface area contributed by atoms with Crippen LogP contribution in [0, 0.1) is 5.82 Å². The van der Waals surface area contributed by atoms with E-state index in [0.29, 0.717) is 44.5 Å². The molecule has 0 saturated carbocycles. The van der Waals surface area contributed by atoms with Crippen molar-refractivity contribution in [1.29, 1.82) is 0 Å². The van der Waals surface area contributed by atoms with Crippen molar-refractivity contribution in [2.75, 3.05) is 18.6 Å². The average Bonchev–Trinajstić information content (AvgIpc) is 3.46. The molecule has 7 nitrogen and oxygen atoms in total. The van der Waals surface area contributed by atoms with Crippen molar-refractivity contribution in [1.82, 2.24) is 4.98 Å². The van der Waals surface area contributed by atoms with Gasteiger partial charge in [-0.3, -0.25) is 14.5 Å². The van der Waals surface area contributed by atoms with Crippen molar-refractivity contribution in [2.45, 2.75) is 25.8 Å². The highest BCUT2D eigenvalue weighted by atomic mass is 35.5. The average molecular weight is 567 g/mol. The quantitative estimate of drug-likeness (QED) is 0.108. The maximum absolute atomic E-state index is 13.9. The van der Waals surface area contributed by atoms with E-state index in [1.165, 1.54) is 30.2 Å². The van der Waals surface area contributed by atoms with Crippen molar-refractivity contribution < 1.29 is 28.6 Å². The van der Waals surface area contributed by atoms with Gasteiger partial charge in [0.05, 0.1) is 35.5 Å². The van der Waals surface area contributed by atoms with E-state index >= 15 is 0 Å². The highest BCUT2D eigenvalue weighted by molar-refractivity contribution is 7.22. The third kappa shape index (κ3) is 5.07. The fourth-order valence-corrected chi connectivity index (χ4v) is 5.54. The van der Waals surface area contributed by atoms with Gasteiger partial charge in [0, 0.05) is 10.6 Å². The van der Waals surface area contributed by atoms with Crippen LogP contribution in [-0.4, -0.2) is 35.5 Å².